The van der Waals surface area contributed by atoms with Crippen LogP contribution in [0.2, 0.25) is 0 Å². The number of nitrogens with zero attached hydrogens (tertiary/aromatic N) is 1. The largest absolute Gasteiger partial charge is 0.493 e. The molecule has 1 saturated heterocycles. The van der Waals surface area contributed by atoms with Crippen LogP contribution in [0.1, 0.15) is 23.7 Å². The van der Waals surface area contributed by atoms with Gasteiger partial charge in [-0.1, -0.05) is 18.2 Å². The molecule has 0 unspecified atom stereocenters. The van der Waals surface area contributed by atoms with Crippen LogP contribution >= 0.6 is 0 Å². The molecular weight excluding hydrogens is 294 g/mol. The Balaban J connectivity index is 1.85. The smallest absolute Gasteiger partial charge is 0.166 e. The maximum absolute atomic E-state index is 11.0. The molecule has 1 fully saturated rings. The molecule has 1 spiro atoms. The van der Waals surface area contributed by atoms with Gasteiger partial charge >= 0.3 is 0 Å². The van der Waals surface area contributed by atoms with Gasteiger partial charge in [-0.25, -0.2) is 0 Å². The molecule has 1 aromatic rings. The van der Waals surface area contributed by atoms with Crippen molar-refractivity contribution in [3.05, 3.63) is 35.4 Å². The van der Waals surface area contributed by atoms with Crippen molar-refractivity contribution >= 4 is 0 Å². The van der Waals surface area contributed by atoms with Crippen molar-refractivity contribution in [3.8, 4) is 11.5 Å². The number of benzene rings is 1. The molecule has 2 bridgehead atoms. The van der Waals surface area contributed by atoms with Gasteiger partial charge < -0.3 is 19.7 Å². The van der Waals surface area contributed by atoms with E-state index < -0.39 is 12.2 Å². The number of likely N-dealkylation sites (tertiary alicyclic amines) is 1. The quantitative estimate of drug-likeness (QED) is 0.757. The van der Waals surface area contributed by atoms with Gasteiger partial charge in [-0.3, -0.25) is 4.90 Å². The zero-order chi connectivity index (χ0) is 15.9. The van der Waals surface area contributed by atoms with Crippen molar-refractivity contribution in [2.45, 2.75) is 36.2 Å². The Morgan fingerprint density at radius 1 is 1.30 bits per heavy atom. The summed E-state index contributed by atoms with van der Waals surface area (Å²) >= 11 is 0. The summed E-state index contributed by atoms with van der Waals surface area (Å²) < 4.78 is 11.7. The number of aliphatic hydroxyl groups excluding tert-OH is 2. The van der Waals surface area contributed by atoms with Crippen LogP contribution in [0.4, 0.5) is 0 Å². The molecule has 122 valence electrons. The minimum atomic E-state index is -0.629. The molecular formula is C18H21NO4. The normalized spacial score (nSPS) is 43.0. The van der Waals surface area contributed by atoms with Crippen molar-refractivity contribution in [1.29, 1.82) is 0 Å². The average molecular weight is 315 g/mol. The lowest BCUT2D eigenvalue weighted by Gasteiger charge is -2.57. The molecule has 0 saturated carbocycles. The number of piperidine rings is 1. The van der Waals surface area contributed by atoms with Gasteiger partial charge in [-0.15, -0.1) is 0 Å². The first-order valence-electron chi connectivity index (χ1n) is 8.22. The third-order valence-corrected chi connectivity index (χ3v) is 6.41. The van der Waals surface area contributed by atoms with Crippen molar-refractivity contribution in [2.24, 2.45) is 5.92 Å². The summed E-state index contributed by atoms with van der Waals surface area (Å²) in [6.45, 7) is 0.884. The van der Waals surface area contributed by atoms with E-state index in [0.717, 1.165) is 24.1 Å². The molecule has 4 aliphatic rings. The van der Waals surface area contributed by atoms with E-state index in [2.05, 4.69) is 18.0 Å². The van der Waals surface area contributed by atoms with Crippen LogP contribution in [-0.4, -0.2) is 54.1 Å². The Morgan fingerprint density at radius 3 is 2.91 bits per heavy atom. The number of likely N-dealkylation sites (N-methyl/N-ethyl adjacent to an activating group) is 1. The van der Waals surface area contributed by atoms with Gasteiger partial charge in [-0.05, 0) is 31.6 Å². The van der Waals surface area contributed by atoms with Crippen LogP contribution in [0.3, 0.4) is 0 Å². The van der Waals surface area contributed by atoms with E-state index in [1.165, 1.54) is 0 Å². The number of ether oxygens (including phenoxy) is 2. The molecule has 0 radical (unpaired) electrons. The van der Waals surface area contributed by atoms with Gasteiger partial charge in [-0.2, -0.15) is 0 Å². The predicted molar refractivity (Wildman–Crippen MR) is 83.7 cm³/mol. The van der Waals surface area contributed by atoms with Crippen molar-refractivity contribution in [2.75, 3.05) is 20.7 Å². The van der Waals surface area contributed by atoms with E-state index in [-0.39, 0.29) is 23.5 Å². The Kier molecular flexibility index (Phi) is 2.58. The fourth-order valence-electron chi connectivity index (χ4n) is 5.45. The van der Waals surface area contributed by atoms with E-state index in [0.29, 0.717) is 11.5 Å². The lowest BCUT2D eigenvalue weighted by atomic mass is 9.52. The average Bonchev–Trinajstić information content (AvgIpc) is 2.90. The number of hydrogen-bond donors (Lipinski definition) is 2. The van der Waals surface area contributed by atoms with Crippen LogP contribution in [0, 0.1) is 5.92 Å². The van der Waals surface area contributed by atoms with Crippen LogP contribution in [0.25, 0.3) is 0 Å². The summed E-state index contributed by atoms with van der Waals surface area (Å²) in [7, 11) is 3.70. The highest BCUT2D eigenvalue weighted by atomic mass is 16.5. The molecule has 6 atom stereocenters. The highest BCUT2D eigenvalue weighted by molar-refractivity contribution is 5.62. The first-order valence-corrected chi connectivity index (χ1v) is 8.22. The highest BCUT2D eigenvalue weighted by Gasteiger charge is 2.66. The van der Waals surface area contributed by atoms with E-state index in [1.807, 2.05) is 18.2 Å². The molecule has 2 heterocycles. The third-order valence-electron chi connectivity index (χ3n) is 6.41. The van der Waals surface area contributed by atoms with Crippen LogP contribution in [0.5, 0.6) is 11.5 Å². The zero-order valence-corrected chi connectivity index (χ0v) is 13.3. The van der Waals surface area contributed by atoms with E-state index in [1.54, 1.807) is 7.11 Å². The molecule has 2 N–H and O–H groups in total. The van der Waals surface area contributed by atoms with Crippen molar-refractivity contribution in [1.82, 2.24) is 4.90 Å². The van der Waals surface area contributed by atoms with E-state index in [4.69, 9.17) is 9.47 Å². The van der Waals surface area contributed by atoms with Gasteiger partial charge in [0.2, 0.25) is 0 Å². The first-order chi connectivity index (χ1) is 11.1. The van der Waals surface area contributed by atoms with Crippen LogP contribution < -0.4 is 9.47 Å². The summed E-state index contributed by atoms with van der Waals surface area (Å²) in [5.41, 5.74) is 1.73. The first kappa shape index (κ1) is 13.8. The Morgan fingerprint density at radius 2 is 2.13 bits per heavy atom. The maximum atomic E-state index is 11.0. The summed E-state index contributed by atoms with van der Waals surface area (Å²) in [4.78, 5) is 2.24. The minimum absolute atomic E-state index is 0.0189. The second kappa shape index (κ2) is 4.29. The molecule has 23 heavy (non-hydrogen) atoms. The fraction of sp³-hybridized carbons (Fsp3) is 0.556. The summed E-state index contributed by atoms with van der Waals surface area (Å²) in [6.07, 6.45) is 3.35. The van der Waals surface area contributed by atoms with Gasteiger partial charge in [0, 0.05) is 22.9 Å². The topological polar surface area (TPSA) is 62.2 Å². The number of aliphatic hydroxyl groups is 2. The highest BCUT2D eigenvalue weighted by Crippen LogP contribution is 2.64. The molecule has 5 rings (SSSR count). The Hall–Kier alpha value is -1.56. The Labute approximate surface area is 135 Å². The minimum Gasteiger partial charge on any atom is -0.493 e. The van der Waals surface area contributed by atoms with E-state index >= 15 is 0 Å². The van der Waals surface area contributed by atoms with Gasteiger partial charge in [0.1, 0.15) is 12.2 Å². The SMILES string of the molecule is COc1ccc2c3c1O[C@H]1[C@@H](O)C=C[C@H]4[C@@H]([C@@H]2O)N(C)CC[C@@]341. The Bertz CT molecular complexity index is 717. The molecule has 2 aliphatic carbocycles. The van der Waals surface area contributed by atoms with E-state index in [9.17, 15) is 10.2 Å². The number of methoxy groups -OCH3 is 1. The number of hydrogen-bond acceptors (Lipinski definition) is 5. The predicted octanol–water partition coefficient (Wildman–Crippen LogP) is 0.992. The molecule has 0 aromatic heterocycles. The zero-order valence-electron chi connectivity index (χ0n) is 13.3. The monoisotopic (exact) mass is 315 g/mol. The standard InChI is InChI=1S/C18H21NO4/c1-19-8-7-18-10-4-5-11(20)17(18)23-16-12(22-2)6-3-9(13(16)18)15(21)14(10)19/h3-6,10-11,14-15,17,20-21H,7-8H2,1-2H3/t10-,11-,14-,15+,17-,18-/m0/s1. The summed E-state index contributed by atoms with van der Waals surface area (Å²) in [5, 5.41) is 21.6. The maximum Gasteiger partial charge on any atom is 0.166 e. The lowest BCUT2D eigenvalue weighted by molar-refractivity contribution is -0.0823. The molecule has 0 amide bonds. The second-order valence-corrected chi connectivity index (χ2v) is 7.21. The molecule has 5 heteroatoms. The second-order valence-electron chi connectivity index (χ2n) is 7.21. The van der Waals surface area contributed by atoms with Gasteiger partial charge in [0.05, 0.1) is 13.2 Å². The molecule has 2 aliphatic heterocycles. The van der Waals surface area contributed by atoms with Crippen molar-refractivity contribution in [3.63, 3.8) is 0 Å². The molecule has 5 nitrogen and oxygen atoms in total. The fourth-order valence-corrected chi connectivity index (χ4v) is 5.45. The lowest BCUT2D eigenvalue weighted by Crippen LogP contribution is -2.65. The molecule has 1 aromatic carbocycles. The van der Waals surface area contributed by atoms with Crippen molar-refractivity contribution < 1.29 is 19.7 Å². The van der Waals surface area contributed by atoms with Gasteiger partial charge in [0.15, 0.2) is 11.5 Å². The summed E-state index contributed by atoms with van der Waals surface area (Å²) in [5.74, 6) is 1.54. The van der Waals surface area contributed by atoms with Crippen LogP contribution in [-0.2, 0) is 5.41 Å². The number of rotatable bonds is 1. The third kappa shape index (κ3) is 1.40. The summed E-state index contributed by atoms with van der Waals surface area (Å²) in [6, 6.07) is 3.84. The van der Waals surface area contributed by atoms with Gasteiger partial charge in [0.25, 0.3) is 0 Å². The van der Waals surface area contributed by atoms with Crippen LogP contribution in [0.15, 0.2) is 24.3 Å².